The third-order valence-corrected chi connectivity index (χ3v) is 6.20. The third kappa shape index (κ3) is 5.48. The van der Waals surface area contributed by atoms with Crippen LogP contribution in [0.15, 0.2) is 61.4 Å². The molecular weight excluding hydrogens is 565 g/mol. The number of tetrazole rings is 1. The molecule has 0 saturated heterocycles. The fourth-order valence-corrected chi connectivity index (χ4v) is 4.26. The SMILES string of the molecule is [O-][n+]1cc(-c2c(-n3cnnn3)ccc(Cl)c2F)ccc1[C@H](CCOC(F)F)n1cc(-c2ccn(C(F)F)n2)cn1. The van der Waals surface area contributed by atoms with Crippen molar-refractivity contribution >= 4 is 11.6 Å². The Labute approximate surface area is 226 Å². The van der Waals surface area contributed by atoms with Crippen molar-refractivity contribution in [2.24, 2.45) is 0 Å². The van der Waals surface area contributed by atoms with Crippen LogP contribution in [0.3, 0.4) is 0 Å². The maximum Gasteiger partial charge on any atom is 0.345 e. The first kappa shape index (κ1) is 27.1. The Kier molecular flexibility index (Phi) is 7.70. The Balaban J connectivity index is 1.52. The molecule has 0 amide bonds. The van der Waals surface area contributed by atoms with Gasteiger partial charge >= 0.3 is 13.2 Å². The second kappa shape index (κ2) is 11.4. The average Bonchev–Trinajstić information content (AvgIpc) is 3.70. The van der Waals surface area contributed by atoms with Crippen molar-refractivity contribution < 1.29 is 31.4 Å². The van der Waals surface area contributed by atoms with Crippen LogP contribution in [0.2, 0.25) is 5.02 Å². The van der Waals surface area contributed by atoms with Gasteiger partial charge in [0.05, 0.1) is 40.3 Å². The van der Waals surface area contributed by atoms with E-state index in [1.54, 1.807) is 0 Å². The van der Waals surface area contributed by atoms with Gasteiger partial charge in [-0.05, 0) is 34.7 Å². The highest BCUT2D eigenvalue weighted by Crippen LogP contribution is 2.33. The van der Waals surface area contributed by atoms with E-state index in [9.17, 15) is 22.8 Å². The molecule has 0 aliphatic rings. The molecule has 17 heteroatoms. The molecule has 0 fully saturated rings. The fourth-order valence-electron chi connectivity index (χ4n) is 4.10. The van der Waals surface area contributed by atoms with E-state index in [0.29, 0.717) is 15.0 Å². The second-order valence-electron chi connectivity index (χ2n) is 8.28. The Morgan fingerprint density at radius 2 is 1.88 bits per heavy atom. The van der Waals surface area contributed by atoms with Crippen molar-refractivity contribution in [2.45, 2.75) is 25.6 Å². The lowest BCUT2D eigenvalue weighted by molar-refractivity contribution is -0.615. The lowest BCUT2D eigenvalue weighted by Crippen LogP contribution is -2.36. The van der Waals surface area contributed by atoms with Gasteiger partial charge in [0, 0.05) is 30.4 Å². The largest absolute Gasteiger partial charge is 0.618 e. The highest BCUT2D eigenvalue weighted by atomic mass is 35.5. The standard InChI is InChI=1S/C23H17ClF5N9O2/c24-15-2-4-19(37-12-30-33-34-37)20(21(15)25)13-1-3-18(38(39)11-13)17(6-8-40-23(28)29)36-10-14(9-31-36)16-5-7-35(32-16)22(26)27/h1-5,7,9-12,17,22-23H,6,8H2/t17-/m0/s1. The van der Waals surface area contributed by atoms with Gasteiger partial charge in [0.2, 0.25) is 5.69 Å². The summed E-state index contributed by atoms with van der Waals surface area (Å²) in [6.45, 7) is -6.32. The Bertz CT molecular complexity index is 1610. The predicted octanol–water partition coefficient (Wildman–Crippen LogP) is 4.43. The average molecular weight is 582 g/mol. The molecule has 1 aromatic carbocycles. The molecule has 0 spiro atoms. The Morgan fingerprint density at radius 3 is 2.55 bits per heavy atom. The van der Waals surface area contributed by atoms with Crippen molar-refractivity contribution in [2.75, 3.05) is 6.61 Å². The van der Waals surface area contributed by atoms with E-state index >= 15 is 4.39 Å². The Hall–Kier alpha value is -4.44. The normalized spacial score (nSPS) is 12.5. The van der Waals surface area contributed by atoms with Crippen LogP contribution >= 0.6 is 11.6 Å². The molecule has 0 saturated carbocycles. The Morgan fingerprint density at radius 1 is 1.05 bits per heavy atom. The molecule has 5 rings (SSSR count). The summed E-state index contributed by atoms with van der Waals surface area (Å²) in [5, 5.41) is 31.9. The van der Waals surface area contributed by atoms with Crippen molar-refractivity contribution in [1.82, 2.24) is 39.8 Å². The first-order valence-corrected chi connectivity index (χ1v) is 11.8. The van der Waals surface area contributed by atoms with E-state index < -0.39 is 31.6 Å². The molecule has 0 radical (unpaired) electrons. The topological polar surface area (TPSA) is 115 Å². The summed E-state index contributed by atoms with van der Waals surface area (Å²) in [6, 6.07) is 6.04. The molecule has 1 atom stereocenters. The van der Waals surface area contributed by atoms with Crippen LogP contribution in [0.25, 0.3) is 28.1 Å². The summed E-state index contributed by atoms with van der Waals surface area (Å²) in [5.74, 6) is -0.816. The van der Waals surface area contributed by atoms with Gasteiger partial charge in [-0.25, -0.2) is 9.07 Å². The molecule has 40 heavy (non-hydrogen) atoms. The number of ether oxygens (including phenoxy) is 1. The highest BCUT2D eigenvalue weighted by molar-refractivity contribution is 6.31. The van der Waals surface area contributed by atoms with Crippen LogP contribution < -0.4 is 4.73 Å². The van der Waals surface area contributed by atoms with Crippen LogP contribution in [0, 0.1) is 11.0 Å². The number of pyridine rings is 1. The molecule has 4 aromatic heterocycles. The van der Waals surface area contributed by atoms with Gasteiger partial charge in [-0.15, -0.1) is 5.10 Å². The minimum atomic E-state index is -3.04. The molecule has 0 unspecified atom stereocenters. The molecule has 0 aliphatic heterocycles. The summed E-state index contributed by atoms with van der Waals surface area (Å²) in [4.78, 5) is 0. The lowest BCUT2D eigenvalue weighted by atomic mass is 10.0. The zero-order chi connectivity index (χ0) is 28.4. The van der Waals surface area contributed by atoms with Crippen molar-refractivity contribution in [3.05, 3.63) is 83.2 Å². The predicted molar refractivity (Wildman–Crippen MR) is 128 cm³/mol. The van der Waals surface area contributed by atoms with Gasteiger partial charge in [-0.3, -0.25) is 4.68 Å². The lowest BCUT2D eigenvalue weighted by Gasteiger charge is -2.18. The van der Waals surface area contributed by atoms with E-state index in [0.717, 1.165) is 12.4 Å². The zero-order valence-corrected chi connectivity index (χ0v) is 20.8. The summed E-state index contributed by atoms with van der Waals surface area (Å²) >= 11 is 6.00. The number of hydrogen-bond donors (Lipinski definition) is 0. The summed E-state index contributed by atoms with van der Waals surface area (Å²) < 4.78 is 74.2. The molecular formula is C23H17ClF5N9O2. The monoisotopic (exact) mass is 581 g/mol. The first-order valence-electron chi connectivity index (χ1n) is 11.5. The van der Waals surface area contributed by atoms with Crippen LogP contribution in [0.1, 0.15) is 24.7 Å². The number of hydrogen-bond acceptors (Lipinski definition) is 7. The summed E-state index contributed by atoms with van der Waals surface area (Å²) in [7, 11) is 0. The van der Waals surface area contributed by atoms with E-state index in [1.165, 1.54) is 58.4 Å². The van der Waals surface area contributed by atoms with E-state index in [4.69, 9.17) is 11.6 Å². The van der Waals surface area contributed by atoms with E-state index in [1.807, 2.05) is 0 Å². The minimum absolute atomic E-state index is 0.0514. The van der Waals surface area contributed by atoms with E-state index in [2.05, 4.69) is 30.5 Å². The van der Waals surface area contributed by atoms with Crippen LogP contribution in [0.5, 0.6) is 0 Å². The van der Waals surface area contributed by atoms with Crippen molar-refractivity contribution in [3.8, 4) is 28.1 Å². The summed E-state index contributed by atoms with van der Waals surface area (Å²) in [6.07, 6.45) is 6.08. The zero-order valence-electron chi connectivity index (χ0n) is 20.0. The molecule has 11 nitrogen and oxygen atoms in total. The number of nitrogens with zero attached hydrogens (tertiary/aromatic N) is 9. The third-order valence-electron chi connectivity index (χ3n) is 5.90. The van der Waals surface area contributed by atoms with E-state index in [-0.39, 0.29) is 39.6 Å². The molecule has 0 aliphatic carbocycles. The van der Waals surface area contributed by atoms with Crippen LogP contribution in [-0.4, -0.2) is 53.0 Å². The second-order valence-corrected chi connectivity index (χ2v) is 8.69. The van der Waals surface area contributed by atoms with Gasteiger partial charge in [0.15, 0.2) is 12.0 Å². The van der Waals surface area contributed by atoms with Gasteiger partial charge in [0.25, 0.3) is 0 Å². The van der Waals surface area contributed by atoms with Gasteiger partial charge in [-0.1, -0.05) is 11.6 Å². The molecule has 208 valence electrons. The first-order chi connectivity index (χ1) is 19.2. The van der Waals surface area contributed by atoms with Gasteiger partial charge in [-0.2, -0.15) is 37.2 Å². The smallest absolute Gasteiger partial charge is 0.345 e. The highest BCUT2D eigenvalue weighted by Gasteiger charge is 2.26. The number of alkyl halides is 4. The molecule has 0 N–H and O–H groups in total. The van der Waals surface area contributed by atoms with Crippen molar-refractivity contribution in [1.29, 1.82) is 0 Å². The van der Waals surface area contributed by atoms with Crippen LogP contribution in [0.4, 0.5) is 22.0 Å². The van der Waals surface area contributed by atoms with Crippen molar-refractivity contribution in [3.63, 3.8) is 0 Å². The molecule has 4 heterocycles. The molecule has 0 bridgehead atoms. The maximum atomic E-state index is 15.2. The van der Waals surface area contributed by atoms with Gasteiger partial charge < -0.3 is 9.94 Å². The molecule has 5 aromatic rings. The maximum absolute atomic E-state index is 15.2. The number of rotatable bonds is 10. The van der Waals surface area contributed by atoms with Crippen LogP contribution in [-0.2, 0) is 4.74 Å². The number of benzene rings is 1. The summed E-state index contributed by atoms with van der Waals surface area (Å²) in [5.41, 5.74) is 0.878. The fraction of sp³-hybridized carbons (Fsp3) is 0.217. The van der Waals surface area contributed by atoms with Gasteiger partial charge in [0.1, 0.15) is 12.4 Å². The number of halogens is 6. The number of aromatic nitrogens is 9. The minimum Gasteiger partial charge on any atom is -0.618 e. The quantitative estimate of drug-likeness (QED) is 0.136.